The van der Waals surface area contributed by atoms with Crippen molar-refractivity contribution in [2.75, 3.05) is 13.2 Å². The number of rotatable bonds is 49. The third-order valence-corrected chi connectivity index (χ3v) is 13.8. The van der Waals surface area contributed by atoms with Crippen LogP contribution in [0, 0.1) is 0 Å². The summed E-state index contributed by atoms with van der Waals surface area (Å²) >= 11 is 0. The van der Waals surface area contributed by atoms with E-state index in [0.29, 0.717) is 19.3 Å². The highest BCUT2D eigenvalue weighted by Crippen LogP contribution is 2.23. The van der Waals surface area contributed by atoms with Crippen LogP contribution in [0.2, 0.25) is 0 Å². The van der Waals surface area contributed by atoms with Crippen LogP contribution >= 0.6 is 0 Å². The van der Waals surface area contributed by atoms with Crippen molar-refractivity contribution in [2.45, 2.75) is 306 Å². The first-order valence-corrected chi connectivity index (χ1v) is 29.0. The molecule has 1 heterocycles. The van der Waals surface area contributed by atoms with E-state index in [2.05, 4.69) is 67.8 Å². The Morgan fingerprint density at radius 1 is 0.486 bits per heavy atom. The van der Waals surface area contributed by atoms with Crippen molar-refractivity contribution in [3.8, 4) is 0 Å². The lowest BCUT2D eigenvalue weighted by atomic mass is 9.98. The van der Waals surface area contributed by atoms with Crippen LogP contribution in [-0.2, 0) is 14.3 Å². The molecule has 0 spiro atoms. The molecule has 0 aromatic heterocycles. The van der Waals surface area contributed by atoms with Crippen molar-refractivity contribution >= 4 is 5.91 Å². The number of hydrogen-bond donors (Lipinski definition) is 8. The lowest BCUT2D eigenvalue weighted by Crippen LogP contribution is -2.60. The van der Waals surface area contributed by atoms with Gasteiger partial charge in [-0.05, 0) is 89.9 Å². The van der Waals surface area contributed by atoms with Crippen LogP contribution in [0.5, 0.6) is 0 Å². The van der Waals surface area contributed by atoms with E-state index >= 15 is 0 Å². The summed E-state index contributed by atoms with van der Waals surface area (Å²) in [5.41, 5.74) is 0. The van der Waals surface area contributed by atoms with Gasteiger partial charge in [-0.2, -0.15) is 0 Å². The number of carbonyl (C=O) groups is 1. The molecule has 410 valence electrons. The summed E-state index contributed by atoms with van der Waals surface area (Å²) in [7, 11) is 0. The molecular weight excluding hydrogens is 883 g/mol. The molecule has 8 N–H and O–H groups in total. The first-order chi connectivity index (χ1) is 34.2. The van der Waals surface area contributed by atoms with E-state index in [-0.39, 0.29) is 12.8 Å². The van der Waals surface area contributed by atoms with Crippen molar-refractivity contribution in [3.05, 3.63) is 48.6 Å². The van der Waals surface area contributed by atoms with Crippen molar-refractivity contribution < 1.29 is 50.0 Å². The van der Waals surface area contributed by atoms with Gasteiger partial charge in [-0.1, -0.05) is 210 Å². The molecule has 0 aromatic rings. The Labute approximate surface area is 428 Å². The third kappa shape index (κ3) is 36.1. The maximum atomic E-state index is 13.2. The minimum atomic E-state index is -1.67. The molecule has 1 rings (SSSR count). The Balaban J connectivity index is 2.36. The van der Waals surface area contributed by atoms with Crippen molar-refractivity contribution in [1.82, 2.24) is 5.32 Å². The molecule has 1 saturated heterocycles. The number of aliphatic hydroxyl groups is 7. The molecule has 11 heteroatoms. The van der Waals surface area contributed by atoms with Crippen LogP contribution in [-0.4, -0.2) is 110 Å². The van der Waals surface area contributed by atoms with E-state index in [9.17, 15) is 40.5 Å². The normalized spacial score (nSPS) is 20.6. The summed E-state index contributed by atoms with van der Waals surface area (Å²) in [6.07, 6.45) is 48.8. The summed E-state index contributed by atoms with van der Waals surface area (Å²) < 4.78 is 11.1. The average molecular weight is 993 g/mol. The number of carbonyl (C=O) groups excluding carboxylic acids is 1. The van der Waals surface area contributed by atoms with Crippen molar-refractivity contribution in [1.29, 1.82) is 0 Å². The zero-order valence-corrected chi connectivity index (χ0v) is 44.7. The fraction of sp³-hybridized carbons (Fsp3) is 0.847. The van der Waals surface area contributed by atoms with E-state index in [1.807, 2.05) is 0 Å². The summed E-state index contributed by atoms with van der Waals surface area (Å²) in [5, 5.41) is 76.1. The molecule has 9 unspecified atom stereocenters. The highest BCUT2D eigenvalue weighted by Gasteiger charge is 2.44. The number of nitrogens with one attached hydrogen (secondary N) is 1. The quantitative estimate of drug-likeness (QED) is 0.0215. The fourth-order valence-corrected chi connectivity index (χ4v) is 9.06. The summed E-state index contributed by atoms with van der Waals surface area (Å²) in [4.78, 5) is 13.2. The second kappa shape index (κ2) is 48.0. The predicted molar refractivity (Wildman–Crippen MR) is 288 cm³/mol. The molecule has 1 aliphatic heterocycles. The largest absolute Gasteiger partial charge is 0.394 e. The van der Waals surface area contributed by atoms with Crippen LogP contribution in [0.25, 0.3) is 0 Å². The predicted octanol–water partition coefficient (Wildman–Crippen LogP) is 12.1. The highest BCUT2D eigenvalue weighted by molar-refractivity contribution is 5.80. The minimum absolute atomic E-state index is 0.239. The average Bonchev–Trinajstić information content (AvgIpc) is 3.36. The molecule has 0 aromatic carbocycles. The number of ether oxygens (including phenoxy) is 2. The van der Waals surface area contributed by atoms with Crippen molar-refractivity contribution in [3.63, 3.8) is 0 Å². The second-order valence-electron chi connectivity index (χ2n) is 20.3. The first-order valence-electron chi connectivity index (χ1n) is 29.0. The van der Waals surface area contributed by atoms with Crippen molar-refractivity contribution in [2.24, 2.45) is 0 Å². The summed E-state index contributed by atoms with van der Waals surface area (Å²) in [5.74, 6) is -0.715. The van der Waals surface area contributed by atoms with Gasteiger partial charge in [-0.3, -0.25) is 4.79 Å². The Morgan fingerprint density at radius 2 is 0.857 bits per heavy atom. The molecule has 11 nitrogen and oxygen atoms in total. The molecule has 9 atom stereocenters. The Kier molecular flexibility index (Phi) is 45.3. The van der Waals surface area contributed by atoms with Gasteiger partial charge in [0.25, 0.3) is 0 Å². The molecule has 70 heavy (non-hydrogen) atoms. The van der Waals surface area contributed by atoms with E-state index < -0.39 is 74.2 Å². The van der Waals surface area contributed by atoms with Gasteiger partial charge in [-0.25, -0.2) is 0 Å². The molecule has 1 aliphatic rings. The maximum Gasteiger partial charge on any atom is 0.249 e. The number of hydrogen-bond acceptors (Lipinski definition) is 10. The zero-order valence-electron chi connectivity index (χ0n) is 44.7. The lowest BCUT2D eigenvalue weighted by molar-refractivity contribution is -0.303. The van der Waals surface area contributed by atoms with Crippen LogP contribution in [0.15, 0.2) is 48.6 Å². The molecule has 1 fully saturated rings. The van der Waals surface area contributed by atoms with Gasteiger partial charge in [0.15, 0.2) is 6.29 Å². The number of allylic oxidation sites excluding steroid dienone is 8. The van der Waals surface area contributed by atoms with Gasteiger partial charge in [0.2, 0.25) is 5.91 Å². The second-order valence-corrected chi connectivity index (χ2v) is 20.3. The molecule has 0 bridgehead atoms. The van der Waals surface area contributed by atoms with Gasteiger partial charge in [0.1, 0.15) is 36.6 Å². The van der Waals surface area contributed by atoms with E-state index in [4.69, 9.17) is 9.47 Å². The minimum Gasteiger partial charge on any atom is -0.394 e. The van der Waals surface area contributed by atoms with Crippen LogP contribution in [0.4, 0.5) is 0 Å². The number of aliphatic hydroxyl groups excluding tert-OH is 7. The van der Waals surface area contributed by atoms with Gasteiger partial charge in [0, 0.05) is 0 Å². The van der Waals surface area contributed by atoms with Crippen LogP contribution in [0.1, 0.15) is 251 Å². The van der Waals surface area contributed by atoms with Crippen LogP contribution < -0.4 is 5.32 Å². The van der Waals surface area contributed by atoms with Gasteiger partial charge < -0.3 is 50.5 Å². The first kappa shape index (κ1) is 66.1. The third-order valence-electron chi connectivity index (χ3n) is 13.8. The molecule has 0 aliphatic carbocycles. The van der Waals surface area contributed by atoms with E-state index in [0.717, 1.165) is 57.8 Å². The Bertz CT molecular complexity index is 1280. The standard InChI is InChI=1S/C59H109NO10/c1-3-5-7-9-11-13-15-17-19-21-23-25-26-27-29-31-33-35-37-39-41-43-45-47-52(63)58(68)60-50(49-69-59-57(67)56(66)55(65)53(48-61)70-59)54(64)51(62)46-44-42-40-38-36-34-32-30-28-24-22-20-18-16-14-12-10-8-6-4-2/h20,22,27,29-30,32,38,40,50-57,59,61-67H,3-19,21,23-26,28,31,33-37,39,41-49H2,1-2H3,(H,60,68)/b22-20+,29-27-,32-30+,40-38+. The van der Waals surface area contributed by atoms with Crippen LogP contribution in [0.3, 0.4) is 0 Å². The van der Waals surface area contributed by atoms with Gasteiger partial charge >= 0.3 is 0 Å². The summed E-state index contributed by atoms with van der Waals surface area (Å²) in [6, 6.07) is -1.20. The smallest absolute Gasteiger partial charge is 0.249 e. The molecule has 0 radical (unpaired) electrons. The highest BCUT2D eigenvalue weighted by atomic mass is 16.7. The van der Waals surface area contributed by atoms with E-state index in [1.165, 1.54) is 148 Å². The molecule has 1 amide bonds. The lowest BCUT2D eigenvalue weighted by Gasteiger charge is -2.40. The SMILES string of the molecule is CCCCCCCCC/C=C/CC/C=C/CC/C=C/CCCC(O)C(O)C(COC1OC(CO)C(O)C(O)C1O)NC(=O)C(O)CCCCCCCCC/C=C\CCCCCCCCCCCCCC. The maximum absolute atomic E-state index is 13.2. The molecule has 0 saturated carbocycles. The van der Waals surface area contributed by atoms with Gasteiger partial charge in [-0.15, -0.1) is 0 Å². The number of unbranched alkanes of at least 4 members (excludes halogenated alkanes) is 29. The Morgan fingerprint density at radius 3 is 1.27 bits per heavy atom. The topological polar surface area (TPSA) is 189 Å². The van der Waals surface area contributed by atoms with E-state index in [1.54, 1.807) is 0 Å². The summed E-state index contributed by atoms with van der Waals surface area (Å²) in [6.45, 7) is 3.44. The van der Waals surface area contributed by atoms with Gasteiger partial charge in [0.05, 0.1) is 25.4 Å². The molecular formula is C59H109NO10. The fourth-order valence-electron chi connectivity index (χ4n) is 9.06. The zero-order chi connectivity index (χ0) is 51.1. The number of amides is 1. The Hall–Kier alpha value is -1.93. The monoisotopic (exact) mass is 992 g/mol.